The fourth-order valence-electron chi connectivity index (χ4n) is 4.01. The average Bonchev–Trinajstić information content (AvgIpc) is 3.32. The van der Waals surface area contributed by atoms with Crippen LogP contribution in [0.1, 0.15) is 33.0 Å². The fourth-order valence-corrected chi connectivity index (χ4v) is 4.14. The summed E-state index contributed by atoms with van der Waals surface area (Å²) < 4.78 is 35.1. The number of benzene rings is 2. The van der Waals surface area contributed by atoms with Crippen molar-refractivity contribution in [2.45, 2.75) is 26.3 Å². The summed E-state index contributed by atoms with van der Waals surface area (Å²) in [4.78, 5) is 12.8. The molecular weight excluding hydrogens is 436 g/mol. The van der Waals surface area contributed by atoms with E-state index in [1.165, 1.54) is 0 Å². The molecule has 2 aromatic heterocycles. The molecule has 1 aliphatic rings. The third-order valence-electron chi connectivity index (χ3n) is 5.56. The highest BCUT2D eigenvalue weighted by atomic mass is 35.5. The predicted molar refractivity (Wildman–Crippen MR) is 117 cm³/mol. The largest absolute Gasteiger partial charge is 0.455 e. The normalized spacial score (nSPS) is 12.4. The van der Waals surface area contributed by atoms with Gasteiger partial charge < -0.3 is 9.73 Å². The van der Waals surface area contributed by atoms with Crippen LogP contribution in [0.3, 0.4) is 0 Å². The molecule has 32 heavy (non-hydrogen) atoms. The molecule has 2 heterocycles. The molecule has 2 aromatic carbocycles. The number of carbonyl (C=O) groups is 1. The molecule has 0 fully saturated rings. The Hall–Kier alpha value is -3.45. The smallest absolute Gasteiger partial charge is 0.291 e. The Morgan fingerprint density at radius 3 is 2.75 bits per heavy atom. The molecule has 0 atom stereocenters. The minimum atomic E-state index is -0.725. The minimum absolute atomic E-state index is 0.0683. The number of furan rings is 1. The van der Waals surface area contributed by atoms with Gasteiger partial charge in [-0.3, -0.25) is 9.48 Å². The zero-order valence-electron chi connectivity index (χ0n) is 17.1. The number of rotatable bonds is 4. The van der Waals surface area contributed by atoms with Crippen LogP contribution >= 0.6 is 11.6 Å². The molecule has 5 nitrogen and oxygen atoms in total. The van der Waals surface area contributed by atoms with Gasteiger partial charge in [0, 0.05) is 34.8 Å². The number of anilines is 1. The van der Waals surface area contributed by atoms with E-state index in [4.69, 9.17) is 21.1 Å². The van der Waals surface area contributed by atoms with E-state index in [0.29, 0.717) is 29.3 Å². The van der Waals surface area contributed by atoms with Gasteiger partial charge in [-0.1, -0.05) is 23.7 Å². The molecule has 0 saturated heterocycles. The van der Waals surface area contributed by atoms with E-state index >= 15 is 0 Å². The molecule has 4 aromatic rings. The van der Waals surface area contributed by atoms with Gasteiger partial charge in [0.05, 0.1) is 17.9 Å². The van der Waals surface area contributed by atoms with Crippen LogP contribution in [0.2, 0.25) is 5.02 Å². The van der Waals surface area contributed by atoms with Crippen molar-refractivity contribution >= 4 is 23.2 Å². The molecule has 0 radical (unpaired) electrons. The van der Waals surface area contributed by atoms with Crippen LogP contribution in [-0.4, -0.2) is 15.7 Å². The van der Waals surface area contributed by atoms with E-state index in [9.17, 15) is 13.6 Å². The second-order valence-corrected chi connectivity index (χ2v) is 8.20. The summed E-state index contributed by atoms with van der Waals surface area (Å²) in [5.41, 5.74) is 4.07. The lowest BCUT2D eigenvalue weighted by Gasteiger charge is -2.09. The standard InChI is InChI=1S/C24H18ClF2N3O2/c1-13-21-20(32-23(13)24(31)28-19-10-17(26)7-8-18(19)27)9-4-15-12-30(29-22(15)21)11-14-2-5-16(25)6-3-14/h2-3,5-8,10,12H,4,9,11H2,1H3,(H,28,31). The Morgan fingerprint density at radius 1 is 1.19 bits per heavy atom. The summed E-state index contributed by atoms with van der Waals surface area (Å²) >= 11 is 5.96. The van der Waals surface area contributed by atoms with Gasteiger partial charge in [-0.15, -0.1) is 0 Å². The van der Waals surface area contributed by atoms with E-state index in [2.05, 4.69) is 5.32 Å². The lowest BCUT2D eigenvalue weighted by atomic mass is 9.93. The van der Waals surface area contributed by atoms with Crippen molar-refractivity contribution in [1.82, 2.24) is 9.78 Å². The third-order valence-corrected chi connectivity index (χ3v) is 5.81. The zero-order valence-corrected chi connectivity index (χ0v) is 17.8. The molecule has 1 N–H and O–H groups in total. The molecule has 0 bridgehead atoms. The number of aromatic nitrogens is 2. The van der Waals surface area contributed by atoms with Crippen molar-refractivity contribution < 1.29 is 18.0 Å². The maximum Gasteiger partial charge on any atom is 0.291 e. The molecule has 162 valence electrons. The van der Waals surface area contributed by atoms with Crippen LogP contribution in [0.5, 0.6) is 0 Å². The number of hydrogen-bond acceptors (Lipinski definition) is 3. The van der Waals surface area contributed by atoms with Gasteiger partial charge in [0.1, 0.15) is 17.4 Å². The zero-order chi connectivity index (χ0) is 22.4. The average molecular weight is 454 g/mol. The van der Waals surface area contributed by atoms with Crippen molar-refractivity contribution in [3.8, 4) is 11.3 Å². The summed E-state index contributed by atoms with van der Waals surface area (Å²) in [6.07, 6.45) is 3.36. The van der Waals surface area contributed by atoms with Crippen LogP contribution in [0.4, 0.5) is 14.5 Å². The first-order valence-electron chi connectivity index (χ1n) is 10.1. The van der Waals surface area contributed by atoms with Crippen molar-refractivity contribution in [1.29, 1.82) is 0 Å². The second-order valence-electron chi connectivity index (χ2n) is 7.76. The number of aryl methyl sites for hydroxylation is 2. The predicted octanol–water partition coefficient (Wildman–Crippen LogP) is 5.78. The Bertz CT molecular complexity index is 1340. The number of amides is 1. The van der Waals surface area contributed by atoms with Crippen LogP contribution in [0.15, 0.2) is 53.1 Å². The van der Waals surface area contributed by atoms with Crippen molar-refractivity contribution in [2.75, 3.05) is 5.32 Å². The first kappa shape index (κ1) is 20.5. The lowest BCUT2D eigenvalue weighted by Crippen LogP contribution is -2.13. The molecular formula is C24H18ClF2N3O2. The summed E-state index contributed by atoms with van der Waals surface area (Å²) in [5.74, 6) is -1.27. The summed E-state index contributed by atoms with van der Waals surface area (Å²) in [7, 11) is 0. The van der Waals surface area contributed by atoms with E-state index in [0.717, 1.165) is 47.0 Å². The summed E-state index contributed by atoms with van der Waals surface area (Å²) in [6.45, 7) is 2.36. The Kier molecular flexibility index (Phi) is 5.06. The van der Waals surface area contributed by atoms with Crippen molar-refractivity contribution in [3.63, 3.8) is 0 Å². The number of halogens is 3. The van der Waals surface area contributed by atoms with E-state index < -0.39 is 17.5 Å². The number of nitrogens with zero attached hydrogens (tertiary/aromatic N) is 2. The number of carbonyl (C=O) groups excluding carboxylic acids is 1. The molecule has 1 amide bonds. The second kappa shape index (κ2) is 7.91. The van der Waals surface area contributed by atoms with Crippen LogP contribution in [0.25, 0.3) is 11.3 Å². The first-order valence-corrected chi connectivity index (χ1v) is 10.5. The quantitative estimate of drug-likeness (QED) is 0.426. The highest BCUT2D eigenvalue weighted by Gasteiger charge is 2.30. The maximum atomic E-state index is 13.9. The van der Waals surface area contributed by atoms with Crippen LogP contribution in [0, 0.1) is 18.6 Å². The van der Waals surface area contributed by atoms with Gasteiger partial charge in [0.25, 0.3) is 5.91 Å². The Labute approximate surface area is 187 Å². The van der Waals surface area contributed by atoms with Gasteiger partial charge in [-0.05, 0) is 48.7 Å². The molecule has 0 aliphatic heterocycles. The van der Waals surface area contributed by atoms with E-state index in [1.807, 2.05) is 35.1 Å². The van der Waals surface area contributed by atoms with Gasteiger partial charge in [-0.2, -0.15) is 5.10 Å². The van der Waals surface area contributed by atoms with Gasteiger partial charge in [0.15, 0.2) is 5.76 Å². The van der Waals surface area contributed by atoms with E-state index in [-0.39, 0.29) is 11.4 Å². The van der Waals surface area contributed by atoms with Gasteiger partial charge in [-0.25, -0.2) is 8.78 Å². The topological polar surface area (TPSA) is 60.1 Å². The van der Waals surface area contributed by atoms with Crippen LogP contribution < -0.4 is 5.32 Å². The monoisotopic (exact) mass is 453 g/mol. The number of hydrogen-bond donors (Lipinski definition) is 1. The lowest BCUT2D eigenvalue weighted by molar-refractivity contribution is 0.0993. The molecule has 0 unspecified atom stereocenters. The molecule has 8 heteroatoms. The highest BCUT2D eigenvalue weighted by Crippen LogP contribution is 2.38. The number of nitrogens with one attached hydrogen (secondary N) is 1. The van der Waals surface area contributed by atoms with Crippen LogP contribution in [-0.2, 0) is 19.4 Å². The Morgan fingerprint density at radius 2 is 1.97 bits per heavy atom. The summed E-state index contributed by atoms with van der Waals surface area (Å²) in [6, 6.07) is 10.5. The molecule has 1 aliphatic carbocycles. The third kappa shape index (κ3) is 3.69. The van der Waals surface area contributed by atoms with E-state index in [1.54, 1.807) is 6.92 Å². The molecule has 0 saturated carbocycles. The van der Waals surface area contributed by atoms with Crippen molar-refractivity contribution in [2.24, 2.45) is 0 Å². The minimum Gasteiger partial charge on any atom is -0.455 e. The molecule has 0 spiro atoms. The first-order chi connectivity index (χ1) is 15.4. The van der Waals surface area contributed by atoms with Gasteiger partial charge >= 0.3 is 0 Å². The SMILES string of the molecule is Cc1c(C(=O)Nc2cc(F)ccc2F)oc2c1-c1nn(Cc3ccc(Cl)cc3)cc1CC2. The fraction of sp³-hybridized carbons (Fsp3) is 0.167. The van der Waals surface area contributed by atoms with Gasteiger partial charge in [0.2, 0.25) is 0 Å². The highest BCUT2D eigenvalue weighted by molar-refractivity contribution is 6.30. The molecule has 5 rings (SSSR count). The van der Waals surface area contributed by atoms with Crippen molar-refractivity contribution in [3.05, 3.63) is 93.5 Å². The maximum absolute atomic E-state index is 13.9. The Balaban J connectivity index is 1.45. The summed E-state index contributed by atoms with van der Waals surface area (Å²) in [5, 5.41) is 7.81. The number of fused-ring (bicyclic) bond motifs is 3.